The van der Waals surface area contributed by atoms with Crippen LogP contribution in [0.5, 0.6) is 5.75 Å². The van der Waals surface area contributed by atoms with Gasteiger partial charge in [-0.25, -0.2) is 0 Å². The third-order valence-electron chi connectivity index (χ3n) is 1.95. The fourth-order valence-electron chi connectivity index (χ4n) is 1.21. The highest BCUT2D eigenvalue weighted by Crippen LogP contribution is 2.24. The molecule has 0 aliphatic rings. The molecule has 15 heavy (non-hydrogen) atoms. The van der Waals surface area contributed by atoms with Crippen molar-refractivity contribution in [2.75, 3.05) is 0 Å². The average Bonchev–Trinajstić information content (AvgIpc) is 2.29. The van der Waals surface area contributed by atoms with Crippen molar-refractivity contribution in [3.63, 3.8) is 0 Å². The van der Waals surface area contributed by atoms with Crippen LogP contribution in [0.1, 0.15) is 5.56 Å². The average molecular weight is 264 g/mol. The summed E-state index contributed by atoms with van der Waals surface area (Å²) >= 11 is 3.43. The zero-order valence-corrected chi connectivity index (χ0v) is 9.65. The highest BCUT2D eigenvalue weighted by Gasteiger charge is 1.99. The van der Waals surface area contributed by atoms with E-state index < -0.39 is 0 Å². The maximum atomic E-state index is 5.64. The van der Waals surface area contributed by atoms with Gasteiger partial charge in [0, 0.05) is 18.0 Å². The monoisotopic (exact) mass is 263 g/mol. The van der Waals surface area contributed by atoms with Crippen molar-refractivity contribution in [2.24, 2.45) is 0 Å². The summed E-state index contributed by atoms with van der Waals surface area (Å²) in [6.45, 7) is 0.538. The van der Waals surface area contributed by atoms with Gasteiger partial charge in [-0.15, -0.1) is 0 Å². The van der Waals surface area contributed by atoms with Gasteiger partial charge in [0.2, 0.25) is 0 Å². The van der Waals surface area contributed by atoms with Crippen LogP contribution in [0.2, 0.25) is 0 Å². The van der Waals surface area contributed by atoms with Crippen molar-refractivity contribution in [2.45, 2.75) is 6.61 Å². The number of nitrogens with zero attached hydrogens (tertiary/aromatic N) is 1. The van der Waals surface area contributed by atoms with E-state index in [4.69, 9.17) is 4.74 Å². The van der Waals surface area contributed by atoms with E-state index in [2.05, 4.69) is 20.9 Å². The quantitative estimate of drug-likeness (QED) is 0.847. The molecule has 0 atom stereocenters. The van der Waals surface area contributed by atoms with Gasteiger partial charge in [-0.3, -0.25) is 4.98 Å². The lowest BCUT2D eigenvalue weighted by Crippen LogP contribution is -1.95. The lowest BCUT2D eigenvalue weighted by Gasteiger charge is -2.07. The standard InChI is InChI=1S/C12H10BrNO/c13-11-5-1-2-6-12(11)15-9-10-4-3-7-14-8-10/h1-8H,9H2. The number of rotatable bonds is 3. The van der Waals surface area contributed by atoms with Gasteiger partial charge in [-0.1, -0.05) is 18.2 Å². The van der Waals surface area contributed by atoms with E-state index >= 15 is 0 Å². The first-order valence-electron chi connectivity index (χ1n) is 4.62. The summed E-state index contributed by atoms with van der Waals surface area (Å²) in [5.74, 6) is 0.848. The Balaban J connectivity index is 2.03. The highest BCUT2D eigenvalue weighted by molar-refractivity contribution is 9.10. The van der Waals surface area contributed by atoms with Crippen molar-refractivity contribution in [1.29, 1.82) is 0 Å². The van der Waals surface area contributed by atoms with Crippen LogP contribution in [-0.2, 0) is 6.61 Å². The van der Waals surface area contributed by atoms with E-state index in [1.165, 1.54) is 0 Å². The van der Waals surface area contributed by atoms with Crippen molar-refractivity contribution in [3.05, 3.63) is 58.8 Å². The largest absolute Gasteiger partial charge is 0.488 e. The molecular weight excluding hydrogens is 254 g/mol. The number of pyridine rings is 1. The molecule has 0 saturated carbocycles. The van der Waals surface area contributed by atoms with Gasteiger partial charge in [-0.2, -0.15) is 0 Å². The second-order valence-electron chi connectivity index (χ2n) is 3.08. The molecule has 0 saturated heterocycles. The molecule has 1 aromatic heterocycles. The lowest BCUT2D eigenvalue weighted by molar-refractivity contribution is 0.304. The van der Waals surface area contributed by atoms with Crippen LogP contribution < -0.4 is 4.74 Å². The number of hydrogen-bond acceptors (Lipinski definition) is 2. The van der Waals surface area contributed by atoms with Gasteiger partial charge in [0.15, 0.2) is 0 Å². The summed E-state index contributed by atoms with van der Waals surface area (Å²) in [5.41, 5.74) is 1.06. The first-order valence-corrected chi connectivity index (χ1v) is 5.42. The van der Waals surface area contributed by atoms with Crippen LogP contribution in [0.15, 0.2) is 53.3 Å². The molecule has 0 unspecified atom stereocenters. The zero-order chi connectivity index (χ0) is 10.5. The van der Waals surface area contributed by atoms with Crippen LogP contribution in [0, 0.1) is 0 Å². The summed E-state index contributed by atoms with van der Waals surface area (Å²) in [6.07, 6.45) is 3.55. The summed E-state index contributed by atoms with van der Waals surface area (Å²) in [5, 5.41) is 0. The van der Waals surface area contributed by atoms with Gasteiger partial charge in [0.1, 0.15) is 12.4 Å². The van der Waals surface area contributed by atoms with Crippen LogP contribution in [-0.4, -0.2) is 4.98 Å². The maximum Gasteiger partial charge on any atom is 0.133 e. The molecule has 2 rings (SSSR count). The van der Waals surface area contributed by atoms with E-state index in [0.29, 0.717) is 6.61 Å². The second kappa shape index (κ2) is 4.94. The third-order valence-corrected chi connectivity index (χ3v) is 2.61. The summed E-state index contributed by atoms with van der Waals surface area (Å²) < 4.78 is 6.60. The van der Waals surface area contributed by atoms with E-state index in [0.717, 1.165) is 15.8 Å². The van der Waals surface area contributed by atoms with Gasteiger partial charge in [0.05, 0.1) is 4.47 Å². The first-order chi connectivity index (χ1) is 7.36. The SMILES string of the molecule is Brc1ccccc1OCc1cccnc1. The minimum atomic E-state index is 0.538. The van der Waals surface area contributed by atoms with E-state index in [1.807, 2.05) is 36.4 Å². The molecule has 0 aliphatic carbocycles. The number of para-hydroxylation sites is 1. The van der Waals surface area contributed by atoms with Crippen LogP contribution in [0.4, 0.5) is 0 Å². The molecule has 3 heteroatoms. The van der Waals surface area contributed by atoms with Crippen molar-refractivity contribution in [3.8, 4) is 5.75 Å². The molecule has 0 N–H and O–H groups in total. The molecule has 0 aliphatic heterocycles. The van der Waals surface area contributed by atoms with Gasteiger partial charge < -0.3 is 4.74 Å². The third kappa shape index (κ3) is 2.80. The Morgan fingerprint density at radius 3 is 2.73 bits per heavy atom. The second-order valence-corrected chi connectivity index (χ2v) is 3.93. The number of hydrogen-bond donors (Lipinski definition) is 0. The minimum Gasteiger partial charge on any atom is -0.488 e. The molecule has 2 aromatic rings. The first kappa shape index (κ1) is 10.2. The molecule has 0 spiro atoms. The van der Waals surface area contributed by atoms with Gasteiger partial charge >= 0.3 is 0 Å². The number of halogens is 1. The zero-order valence-electron chi connectivity index (χ0n) is 8.06. The predicted octanol–water partition coefficient (Wildman–Crippen LogP) is 3.42. The van der Waals surface area contributed by atoms with Crippen LogP contribution in [0.25, 0.3) is 0 Å². The van der Waals surface area contributed by atoms with Gasteiger partial charge in [-0.05, 0) is 34.1 Å². The van der Waals surface area contributed by atoms with E-state index in [9.17, 15) is 0 Å². The molecule has 0 amide bonds. The van der Waals surface area contributed by atoms with Crippen LogP contribution >= 0.6 is 15.9 Å². The Bertz CT molecular complexity index is 431. The molecule has 0 radical (unpaired) electrons. The van der Waals surface area contributed by atoms with Crippen molar-refractivity contribution in [1.82, 2.24) is 4.98 Å². The normalized spacial score (nSPS) is 9.93. The fraction of sp³-hybridized carbons (Fsp3) is 0.0833. The number of benzene rings is 1. The van der Waals surface area contributed by atoms with E-state index in [1.54, 1.807) is 12.4 Å². The van der Waals surface area contributed by atoms with Gasteiger partial charge in [0.25, 0.3) is 0 Å². The molecule has 76 valence electrons. The molecule has 1 heterocycles. The number of ether oxygens (including phenoxy) is 1. The highest BCUT2D eigenvalue weighted by atomic mass is 79.9. The Labute approximate surface area is 97.1 Å². The predicted molar refractivity (Wildman–Crippen MR) is 62.7 cm³/mol. The molecule has 2 nitrogen and oxygen atoms in total. The topological polar surface area (TPSA) is 22.1 Å². The Kier molecular flexibility index (Phi) is 3.35. The minimum absolute atomic E-state index is 0.538. The smallest absolute Gasteiger partial charge is 0.133 e. The molecule has 0 bridgehead atoms. The summed E-state index contributed by atoms with van der Waals surface area (Å²) in [7, 11) is 0. The Hall–Kier alpha value is -1.35. The Morgan fingerprint density at radius 2 is 2.00 bits per heavy atom. The lowest BCUT2D eigenvalue weighted by atomic mass is 10.3. The van der Waals surface area contributed by atoms with E-state index in [-0.39, 0.29) is 0 Å². The van der Waals surface area contributed by atoms with Crippen molar-refractivity contribution < 1.29 is 4.74 Å². The number of aromatic nitrogens is 1. The van der Waals surface area contributed by atoms with Crippen LogP contribution in [0.3, 0.4) is 0 Å². The molecular formula is C12H10BrNO. The Morgan fingerprint density at radius 1 is 1.13 bits per heavy atom. The fourth-order valence-corrected chi connectivity index (χ4v) is 1.61. The maximum absolute atomic E-state index is 5.64. The summed E-state index contributed by atoms with van der Waals surface area (Å²) in [6, 6.07) is 11.7. The van der Waals surface area contributed by atoms with Crippen molar-refractivity contribution >= 4 is 15.9 Å². The summed E-state index contributed by atoms with van der Waals surface area (Å²) in [4.78, 5) is 4.03. The molecule has 0 fully saturated rings. The molecule has 1 aromatic carbocycles.